The molecule has 1 aromatic rings. The third-order valence-electron chi connectivity index (χ3n) is 2.00. The molecule has 0 fully saturated rings. The monoisotopic (exact) mass is 259 g/mol. The molecule has 3 nitrogen and oxygen atoms in total. The second-order valence-corrected chi connectivity index (χ2v) is 4.41. The Bertz CT molecular complexity index is 409. The van der Waals surface area contributed by atoms with Crippen LogP contribution in [0.4, 0.5) is 4.39 Å². The molecule has 94 valence electrons. The molecule has 0 saturated carbocycles. The van der Waals surface area contributed by atoms with Crippen LogP contribution in [0.25, 0.3) is 0 Å². The number of carbonyl (C=O) groups is 1. The largest absolute Gasteiger partial charge is 0.481 e. The van der Waals surface area contributed by atoms with Crippen molar-refractivity contribution in [1.82, 2.24) is 5.32 Å². The van der Waals surface area contributed by atoms with Gasteiger partial charge in [-0.1, -0.05) is 11.6 Å². The molecule has 5 heteroatoms. The molecule has 0 heterocycles. The first-order chi connectivity index (χ1) is 7.90. The summed E-state index contributed by atoms with van der Waals surface area (Å²) in [6, 6.07) is 4.10. The Labute approximate surface area is 105 Å². The molecule has 0 spiro atoms. The van der Waals surface area contributed by atoms with E-state index in [2.05, 4.69) is 5.32 Å². The van der Waals surface area contributed by atoms with E-state index in [1.807, 2.05) is 13.8 Å². The second kappa shape index (κ2) is 5.87. The standard InChI is InChI=1S/C12H15ClFNO2/c1-7(2)15-12(16)8(3)17-9-4-5-10(13)11(14)6-9/h4-8H,1-3H3,(H,15,16). The lowest BCUT2D eigenvalue weighted by atomic mass is 10.3. The van der Waals surface area contributed by atoms with Crippen LogP contribution in [0.1, 0.15) is 20.8 Å². The molecule has 1 amide bonds. The zero-order valence-electron chi connectivity index (χ0n) is 9.96. The van der Waals surface area contributed by atoms with Gasteiger partial charge in [0.15, 0.2) is 6.10 Å². The Kier molecular flexibility index (Phi) is 4.75. The zero-order chi connectivity index (χ0) is 13.0. The normalized spacial score (nSPS) is 12.4. The van der Waals surface area contributed by atoms with E-state index in [0.29, 0.717) is 0 Å². The fourth-order valence-electron chi connectivity index (χ4n) is 1.21. The van der Waals surface area contributed by atoms with Gasteiger partial charge < -0.3 is 10.1 Å². The van der Waals surface area contributed by atoms with Crippen LogP contribution in [0.5, 0.6) is 5.75 Å². The van der Waals surface area contributed by atoms with Crippen molar-refractivity contribution in [2.45, 2.75) is 32.9 Å². The number of carbonyl (C=O) groups excluding carboxylic acids is 1. The van der Waals surface area contributed by atoms with E-state index in [9.17, 15) is 9.18 Å². The summed E-state index contributed by atoms with van der Waals surface area (Å²) < 4.78 is 18.4. The van der Waals surface area contributed by atoms with Crippen molar-refractivity contribution in [2.75, 3.05) is 0 Å². The molecule has 1 rings (SSSR count). The predicted octanol–water partition coefficient (Wildman–Crippen LogP) is 2.77. The lowest BCUT2D eigenvalue weighted by molar-refractivity contribution is -0.127. The number of nitrogens with one attached hydrogen (secondary N) is 1. The van der Waals surface area contributed by atoms with Crippen LogP contribution in [-0.2, 0) is 4.79 Å². The van der Waals surface area contributed by atoms with Crippen molar-refractivity contribution in [1.29, 1.82) is 0 Å². The minimum atomic E-state index is -0.682. The Hall–Kier alpha value is -1.29. The molecule has 0 aliphatic carbocycles. The third kappa shape index (κ3) is 4.23. The summed E-state index contributed by atoms with van der Waals surface area (Å²) in [7, 11) is 0. The van der Waals surface area contributed by atoms with Crippen LogP contribution in [-0.4, -0.2) is 18.1 Å². The lowest BCUT2D eigenvalue weighted by Crippen LogP contribution is -2.40. The fourth-order valence-corrected chi connectivity index (χ4v) is 1.33. The maximum absolute atomic E-state index is 13.1. The van der Waals surface area contributed by atoms with E-state index < -0.39 is 11.9 Å². The van der Waals surface area contributed by atoms with Crippen molar-refractivity contribution < 1.29 is 13.9 Å². The molecule has 1 N–H and O–H groups in total. The number of hydrogen-bond acceptors (Lipinski definition) is 2. The topological polar surface area (TPSA) is 38.3 Å². The number of amides is 1. The Morgan fingerprint density at radius 3 is 2.59 bits per heavy atom. The minimum absolute atomic E-state index is 0.0247. The van der Waals surface area contributed by atoms with Gasteiger partial charge in [-0.3, -0.25) is 4.79 Å². The number of benzene rings is 1. The number of rotatable bonds is 4. The quantitative estimate of drug-likeness (QED) is 0.903. The van der Waals surface area contributed by atoms with Crippen molar-refractivity contribution >= 4 is 17.5 Å². The van der Waals surface area contributed by atoms with Crippen LogP contribution < -0.4 is 10.1 Å². The highest BCUT2D eigenvalue weighted by atomic mass is 35.5. The number of hydrogen-bond donors (Lipinski definition) is 1. The van der Waals surface area contributed by atoms with Crippen molar-refractivity contribution in [3.05, 3.63) is 29.0 Å². The smallest absolute Gasteiger partial charge is 0.260 e. The van der Waals surface area contributed by atoms with Gasteiger partial charge in [-0.2, -0.15) is 0 Å². The fraction of sp³-hybridized carbons (Fsp3) is 0.417. The summed E-state index contributed by atoms with van der Waals surface area (Å²) >= 11 is 5.54. The summed E-state index contributed by atoms with van der Waals surface area (Å²) in [4.78, 5) is 11.6. The maximum atomic E-state index is 13.1. The number of halogens is 2. The molecular formula is C12H15ClFNO2. The summed E-state index contributed by atoms with van der Waals surface area (Å²) in [5.74, 6) is -0.533. The van der Waals surface area contributed by atoms with Crippen LogP contribution in [0.3, 0.4) is 0 Å². The molecule has 0 aromatic heterocycles. The Morgan fingerprint density at radius 2 is 2.06 bits per heavy atom. The zero-order valence-corrected chi connectivity index (χ0v) is 10.7. The average Bonchev–Trinajstić information content (AvgIpc) is 2.22. The van der Waals surface area contributed by atoms with Gasteiger partial charge in [0.25, 0.3) is 5.91 Å². The summed E-state index contributed by atoms with van der Waals surface area (Å²) in [6.07, 6.45) is -0.682. The highest BCUT2D eigenvalue weighted by Gasteiger charge is 2.15. The van der Waals surface area contributed by atoms with E-state index >= 15 is 0 Å². The van der Waals surface area contributed by atoms with Crippen molar-refractivity contribution in [3.63, 3.8) is 0 Å². The average molecular weight is 260 g/mol. The molecule has 0 saturated heterocycles. The van der Waals surface area contributed by atoms with Gasteiger partial charge >= 0.3 is 0 Å². The second-order valence-electron chi connectivity index (χ2n) is 4.00. The van der Waals surface area contributed by atoms with Crippen LogP contribution in [0.15, 0.2) is 18.2 Å². The summed E-state index contributed by atoms with van der Waals surface area (Å²) in [6.45, 7) is 5.31. The van der Waals surface area contributed by atoms with Gasteiger partial charge in [-0.05, 0) is 32.9 Å². The molecule has 0 radical (unpaired) electrons. The molecule has 0 aliphatic heterocycles. The van der Waals surface area contributed by atoms with Gasteiger partial charge in [0.05, 0.1) is 5.02 Å². The van der Waals surface area contributed by atoms with Crippen LogP contribution in [0, 0.1) is 5.82 Å². The molecule has 1 unspecified atom stereocenters. The third-order valence-corrected chi connectivity index (χ3v) is 2.31. The highest BCUT2D eigenvalue weighted by molar-refractivity contribution is 6.30. The molecule has 0 bridgehead atoms. The SMILES string of the molecule is CC(C)NC(=O)C(C)Oc1ccc(Cl)c(F)c1. The molecule has 17 heavy (non-hydrogen) atoms. The Morgan fingerprint density at radius 1 is 1.41 bits per heavy atom. The van der Waals surface area contributed by atoms with E-state index in [0.717, 1.165) is 6.07 Å². The highest BCUT2D eigenvalue weighted by Crippen LogP contribution is 2.21. The predicted molar refractivity (Wildman–Crippen MR) is 64.8 cm³/mol. The van der Waals surface area contributed by atoms with Gasteiger partial charge in [0, 0.05) is 12.1 Å². The van der Waals surface area contributed by atoms with Crippen molar-refractivity contribution in [2.24, 2.45) is 0 Å². The first-order valence-electron chi connectivity index (χ1n) is 5.32. The van der Waals surface area contributed by atoms with E-state index in [-0.39, 0.29) is 22.7 Å². The van der Waals surface area contributed by atoms with E-state index in [1.54, 1.807) is 6.92 Å². The van der Waals surface area contributed by atoms with Crippen molar-refractivity contribution in [3.8, 4) is 5.75 Å². The van der Waals surface area contributed by atoms with E-state index in [1.165, 1.54) is 12.1 Å². The van der Waals surface area contributed by atoms with Crippen LogP contribution >= 0.6 is 11.6 Å². The lowest BCUT2D eigenvalue weighted by Gasteiger charge is -2.16. The number of ether oxygens (including phenoxy) is 1. The summed E-state index contributed by atoms with van der Waals surface area (Å²) in [5, 5.41) is 2.73. The molecular weight excluding hydrogens is 245 g/mol. The summed E-state index contributed by atoms with van der Waals surface area (Å²) in [5.41, 5.74) is 0. The van der Waals surface area contributed by atoms with Gasteiger partial charge in [-0.25, -0.2) is 4.39 Å². The molecule has 1 aromatic carbocycles. The first kappa shape index (κ1) is 13.8. The van der Waals surface area contributed by atoms with Crippen LogP contribution in [0.2, 0.25) is 5.02 Å². The molecule has 1 atom stereocenters. The van der Waals surface area contributed by atoms with Gasteiger partial charge in [-0.15, -0.1) is 0 Å². The van der Waals surface area contributed by atoms with E-state index in [4.69, 9.17) is 16.3 Å². The Balaban J connectivity index is 2.64. The minimum Gasteiger partial charge on any atom is -0.481 e. The first-order valence-corrected chi connectivity index (χ1v) is 5.70. The van der Waals surface area contributed by atoms with Gasteiger partial charge in [0.2, 0.25) is 0 Å². The maximum Gasteiger partial charge on any atom is 0.260 e. The molecule has 0 aliphatic rings. The van der Waals surface area contributed by atoms with Gasteiger partial charge in [0.1, 0.15) is 11.6 Å².